The molecule has 0 aliphatic rings. The molecule has 0 aliphatic carbocycles. The summed E-state index contributed by atoms with van der Waals surface area (Å²) < 4.78 is 0. The lowest BCUT2D eigenvalue weighted by atomic mass is 9.88. The molecular weight excluding hydrogens is 160 g/mol. The largest absolute Gasteiger partial charge is 0.449 e. The van der Waals surface area contributed by atoms with Crippen LogP contribution in [0.15, 0.2) is 18.2 Å². The summed E-state index contributed by atoms with van der Waals surface area (Å²) >= 11 is 5.79. The zero-order chi connectivity index (χ0) is 8.27. The maximum absolute atomic E-state index is 8.77. The van der Waals surface area contributed by atoms with Crippen LogP contribution in [-0.2, 0) is 6.54 Å². The van der Waals surface area contributed by atoms with Crippen molar-refractivity contribution in [1.82, 2.24) is 0 Å². The van der Waals surface area contributed by atoms with Gasteiger partial charge in [-0.25, -0.2) is 0 Å². The van der Waals surface area contributed by atoms with Gasteiger partial charge in [0, 0.05) is 11.6 Å². The van der Waals surface area contributed by atoms with Crippen molar-refractivity contribution < 1.29 is 5.02 Å². The summed E-state index contributed by atoms with van der Waals surface area (Å²) in [5.74, 6) is 0. The Morgan fingerprint density at radius 3 is 2.73 bits per heavy atom. The summed E-state index contributed by atoms with van der Waals surface area (Å²) in [6.07, 6.45) is 0. The predicted molar refractivity (Wildman–Crippen MR) is 48.3 cm³/mol. The van der Waals surface area contributed by atoms with Gasteiger partial charge >= 0.3 is 7.48 Å². The molecule has 0 radical (unpaired) electrons. The minimum Gasteiger partial charge on any atom is -0.449 e. The summed E-state index contributed by atoms with van der Waals surface area (Å²) in [4.78, 5) is 0. The molecule has 0 fully saturated rings. The maximum Gasteiger partial charge on any atom is 0.306 e. The second-order valence-corrected chi connectivity index (χ2v) is 2.70. The van der Waals surface area contributed by atoms with Crippen LogP contribution in [0.1, 0.15) is 5.56 Å². The van der Waals surface area contributed by atoms with Crippen LogP contribution in [0, 0.1) is 0 Å². The summed E-state index contributed by atoms with van der Waals surface area (Å²) in [6, 6.07) is 5.41. The first kappa shape index (κ1) is 8.59. The van der Waals surface area contributed by atoms with Gasteiger partial charge in [-0.1, -0.05) is 23.7 Å². The van der Waals surface area contributed by atoms with E-state index in [0.29, 0.717) is 11.6 Å². The van der Waals surface area contributed by atoms with Crippen molar-refractivity contribution in [1.29, 1.82) is 0 Å². The Bertz CT molecular complexity index is 254. The molecule has 11 heavy (non-hydrogen) atoms. The third-order valence-electron chi connectivity index (χ3n) is 1.52. The number of nitrogens with two attached hydrogens (primary N) is 1. The second kappa shape index (κ2) is 3.76. The van der Waals surface area contributed by atoms with Crippen molar-refractivity contribution >= 4 is 24.5 Å². The summed E-state index contributed by atoms with van der Waals surface area (Å²) in [5.41, 5.74) is 7.11. The Hall–Kier alpha value is -0.505. The Morgan fingerprint density at radius 2 is 2.27 bits per heavy atom. The van der Waals surface area contributed by atoms with Crippen molar-refractivity contribution in [2.24, 2.45) is 5.73 Å². The van der Waals surface area contributed by atoms with Crippen LogP contribution >= 0.6 is 11.6 Å². The van der Waals surface area contributed by atoms with Gasteiger partial charge in [0.2, 0.25) is 0 Å². The zero-order valence-corrected chi connectivity index (χ0v) is 6.80. The minimum atomic E-state index is -0.0241. The molecule has 0 heterocycles. The van der Waals surface area contributed by atoms with Gasteiger partial charge in [-0.05, 0) is 17.1 Å². The Labute approximate surface area is 71.3 Å². The van der Waals surface area contributed by atoms with Crippen molar-refractivity contribution in [2.45, 2.75) is 6.54 Å². The van der Waals surface area contributed by atoms with E-state index >= 15 is 0 Å². The van der Waals surface area contributed by atoms with Crippen LogP contribution < -0.4 is 11.2 Å². The molecule has 58 valence electrons. The quantitative estimate of drug-likeness (QED) is 0.601. The van der Waals surface area contributed by atoms with Crippen molar-refractivity contribution in [3.63, 3.8) is 0 Å². The zero-order valence-electron chi connectivity index (χ0n) is 6.05. The monoisotopic (exact) mass is 169 g/mol. The molecule has 0 aliphatic heterocycles. The van der Waals surface area contributed by atoms with Crippen LogP contribution in [0.5, 0.6) is 0 Å². The average Bonchev–Trinajstić information content (AvgIpc) is 2.04. The van der Waals surface area contributed by atoms with E-state index in [9.17, 15) is 0 Å². The Morgan fingerprint density at radius 1 is 1.55 bits per heavy atom. The van der Waals surface area contributed by atoms with Gasteiger partial charge in [0.25, 0.3) is 0 Å². The Balaban J connectivity index is 2.99. The van der Waals surface area contributed by atoms with Gasteiger partial charge < -0.3 is 10.8 Å². The molecule has 0 aromatic heterocycles. The van der Waals surface area contributed by atoms with Crippen LogP contribution in [-0.4, -0.2) is 12.5 Å². The fraction of sp³-hybridized carbons (Fsp3) is 0.143. The summed E-state index contributed by atoms with van der Waals surface area (Å²) in [5, 5.41) is 9.35. The maximum atomic E-state index is 8.77. The second-order valence-electron chi connectivity index (χ2n) is 2.29. The molecule has 1 aromatic carbocycles. The molecular formula is C7H9BClNO. The van der Waals surface area contributed by atoms with Crippen LogP contribution in [0.3, 0.4) is 0 Å². The molecule has 0 unspecified atom stereocenters. The molecule has 0 amide bonds. The number of hydrogen-bond donors (Lipinski definition) is 2. The molecule has 1 aromatic rings. The molecule has 3 N–H and O–H groups in total. The van der Waals surface area contributed by atoms with Gasteiger partial charge in [-0.15, -0.1) is 0 Å². The van der Waals surface area contributed by atoms with Crippen LogP contribution in [0.2, 0.25) is 5.02 Å². The lowest BCUT2D eigenvalue weighted by Crippen LogP contribution is -2.15. The predicted octanol–water partition coefficient (Wildman–Crippen LogP) is -0.232. The van der Waals surface area contributed by atoms with E-state index < -0.39 is 0 Å². The third kappa shape index (κ3) is 1.96. The number of rotatable bonds is 2. The van der Waals surface area contributed by atoms with Crippen LogP contribution in [0.4, 0.5) is 0 Å². The van der Waals surface area contributed by atoms with E-state index in [2.05, 4.69) is 0 Å². The first-order valence-corrected chi connectivity index (χ1v) is 3.74. The van der Waals surface area contributed by atoms with Gasteiger partial charge in [0.1, 0.15) is 0 Å². The van der Waals surface area contributed by atoms with E-state index in [1.165, 1.54) is 0 Å². The number of benzene rings is 1. The summed E-state index contributed by atoms with van der Waals surface area (Å²) in [6.45, 7) is 0.478. The molecule has 0 saturated carbocycles. The molecule has 0 saturated heterocycles. The molecule has 0 spiro atoms. The molecule has 4 heteroatoms. The average molecular weight is 169 g/mol. The minimum absolute atomic E-state index is 0.0241. The first-order valence-electron chi connectivity index (χ1n) is 3.36. The topological polar surface area (TPSA) is 46.2 Å². The lowest BCUT2D eigenvalue weighted by molar-refractivity contribution is 0.615. The van der Waals surface area contributed by atoms with Gasteiger partial charge in [-0.3, -0.25) is 0 Å². The molecule has 2 nitrogen and oxygen atoms in total. The van der Waals surface area contributed by atoms with Crippen molar-refractivity contribution in [2.75, 3.05) is 0 Å². The SMILES string of the molecule is NCc1ccc(BO)c(Cl)c1. The summed E-state index contributed by atoms with van der Waals surface area (Å²) in [7, 11) is -0.0241. The highest BCUT2D eigenvalue weighted by Crippen LogP contribution is 2.07. The molecule has 1 rings (SSSR count). The first-order chi connectivity index (χ1) is 5.27. The van der Waals surface area contributed by atoms with E-state index in [-0.39, 0.29) is 7.48 Å². The van der Waals surface area contributed by atoms with E-state index in [1.54, 1.807) is 12.1 Å². The van der Waals surface area contributed by atoms with Gasteiger partial charge in [0.05, 0.1) is 0 Å². The van der Waals surface area contributed by atoms with E-state index in [4.69, 9.17) is 22.4 Å². The fourth-order valence-corrected chi connectivity index (χ4v) is 1.11. The number of hydrogen-bond acceptors (Lipinski definition) is 2. The fourth-order valence-electron chi connectivity index (χ4n) is 0.846. The van der Waals surface area contributed by atoms with Crippen molar-refractivity contribution in [3.8, 4) is 0 Å². The highest BCUT2D eigenvalue weighted by Gasteiger charge is 2.00. The third-order valence-corrected chi connectivity index (χ3v) is 1.88. The van der Waals surface area contributed by atoms with E-state index in [1.807, 2.05) is 6.07 Å². The van der Waals surface area contributed by atoms with E-state index in [0.717, 1.165) is 11.0 Å². The van der Waals surface area contributed by atoms with Gasteiger partial charge in [-0.2, -0.15) is 0 Å². The smallest absolute Gasteiger partial charge is 0.306 e. The Kier molecular flexibility index (Phi) is 2.94. The molecule has 0 atom stereocenters. The standard InChI is InChI=1S/C7H9BClNO/c9-7-3-5(4-10)1-2-6(7)8-11/h1-3,8,11H,4,10H2. The highest BCUT2D eigenvalue weighted by atomic mass is 35.5. The highest BCUT2D eigenvalue weighted by molar-refractivity contribution is 6.52. The molecule has 0 bridgehead atoms. The van der Waals surface area contributed by atoms with Crippen LogP contribution in [0.25, 0.3) is 0 Å². The lowest BCUT2D eigenvalue weighted by Gasteiger charge is -2.01. The normalized spacial score (nSPS) is 9.73. The van der Waals surface area contributed by atoms with Crippen molar-refractivity contribution in [3.05, 3.63) is 28.8 Å². The number of halogens is 1. The van der Waals surface area contributed by atoms with Gasteiger partial charge in [0.15, 0.2) is 0 Å².